The molecule has 2 fully saturated rings. The van der Waals surface area contributed by atoms with Gasteiger partial charge in [0.1, 0.15) is 0 Å². The quantitative estimate of drug-likeness (QED) is 0.532. The molecule has 0 aromatic carbocycles. The average molecular weight is 201 g/mol. The van der Waals surface area contributed by atoms with Crippen LogP contribution in [-0.4, -0.2) is 32.0 Å². The summed E-state index contributed by atoms with van der Waals surface area (Å²) in [5.74, 6) is 0.500. The van der Waals surface area contributed by atoms with Crippen molar-refractivity contribution < 1.29 is 4.39 Å². The molecule has 0 radical (unpaired) electrons. The van der Waals surface area contributed by atoms with Crippen LogP contribution in [0.1, 0.15) is 19.3 Å². The van der Waals surface area contributed by atoms with Crippen LogP contribution in [0.5, 0.6) is 0 Å². The van der Waals surface area contributed by atoms with Gasteiger partial charge in [-0.05, 0) is 38.3 Å². The highest BCUT2D eigenvalue weighted by Gasteiger charge is 2.35. The minimum atomic E-state index is -0.835. The van der Waals surface area contributed by atoms with E-state index in [-0.39, 0.29) is 12.0 Å². The molecule has 2 heterocycles. The second kappa shape index (κ2) is 4.55. The maximum atomic E-state index is 13.6. The monoisotopic (exact) mass is 201 g/mol. The molecule has 2 rings (SSSR count). The first-order valence-corrected chi connectivity index (χ1v) is 5.63. The zero-order valence-electron chi connectivity index (χ0n) is 8.51. The smallest absolute Gasteiger partial charge is 0.154 e. The Balaban J connectivity index is 1.96. The van der Waals surface area contributed by atoms with Gasteiger partial charge in [0.05, 0.1) is 0 Å². The molecular weight excluding hydrogens is 181 g/mol. The van der Waals surface area contributed by atoms with Crippen molar-refractivity contribution in [2.45, 2.75) is 31.6 Å². The second-order valence-corrected chi connectivity index (χ2v) is 4.48. The summed E-state index contributed by atoms with van der Waals surface area (Å²) in [6.07, 6.45) is 2.26. The van der Waals surface area contributed by atoms with Gasteiger partial charge in [0.15, 0.2) is 6.30 Å². The Bertz CT molecular complexity index is 168. The van der Waals surface area contributed by atoms with Gasteiger partial charge in [-0.25, -0.2) is 4.39 Å². The van der Waals surface area contributed by atoms with Crippen LogP contribution in [0.15, 0.2) is 0 Å². The molecule has 0 aliphatic carbocycles. The summed E-state index contributed by atoms with van der Waals surface area (Å²) in [4.78, 5) is 0. The third kappa shape index (κ3) is 2.07. The van der Waals surface area contributed by atoms with Crippen molar-refractivity contribution in [2.24, 2.45) is 17.6 Å². The Morgan fingerprint density at radius 3 is 2.71 bits per heavy atom. The van der Waals surface area contributed by atoms with Crippen LogP contribution in [-0.2, 0) is 0 Å². The zero-order chi connectivity index (χ0) is 9.97. The third-order valence-corrected chi connectivity index (χ3v) is 3.56. The van der Waals surface area contributed by atoms with Gasteiger partial charge in [0.2, 0.25) is 0 Å². The van der Waals surface area contributed by atoms with E-state index in [4.69, 9.17) is 5.73 Å². The Hall–Kier alpha value is -0.190. The molecule has 2 aliphatic rings. The molecule has 82 valence electrons. The summed E-state index contributed by atoms with van der Waals surface area (Å²) < 4.78 is 13.6. The molecule has 3 nitrogen and oxygen atoms in total. The Labute approximate surface area is 84.6 Å². The number of hydrogen-bond acceptors (Lipinski definition) is 3. The van der Waals surface area contributed by atoms with Crippen LogP contribution in [0.2, 0.25) is 0 Å². The molecular formula is C10H20FN3. The van der Waals surface area contributed by atoms with E-state index in [1.54, 1.807) is 0 Å². The largest absolute Gasteiger partial charge is 0.326 e. The molecule has 0 spiro atoms. The van der Waals surface area contributed by atoms with Crippen LogP contribution in [0.3, 0.4) is 0 Å². The molecule has 0 saturated carbocycles. The first-order valence-electron chi connectivity index (χ1n) is 5.63. The lowest BCUT2D eigenvalue weighted by Crippen LogP contribution is -2.53. The molecule has 4 heteroatoms. The highest BCUT2D eigenvalue weighted by molar-refractivity contribution is 4.89. The Morgan fingerprint density at radius 1 is 1.14 bits per heavy atom. The Morgan fingerprint density at radius 2 is 2.00 bits per heavy atom. The van der Waals surface area contributed by atoms with E-state index in [0.717, 1.165) is 38.9 Å². The van der Waals surface area contributed by atoms with Crippen molar-refractivity contribution in [3.05, 3.63) is 0 Å². The van der Waals surface area contributed by atoms with Crippen LogP contribution in [0, 0.1) is 11.8 Å². The second-order valence-electron chi connectivity index (χ2n) is 4.48. The number of hydrogen-bond donors (Lipinski definition) is 3. The molecule has 14 heavy (non-hydrogen) atoms. The number of alkyl halides is 1. The summed E-state index contributed by atoms with van der Waals surface area (Å²) >= 11 is 0. The fraction of sp³-hybridized carbons (Fsp3) is 1.00. The minimum Gasteiger partial charge on any atom is -0.326 e. The normalized spacial score (nSPS) is 45.0. The van der Waals surface area contributed by atoms with E-state index < -0.39 is 6.30 Å². The number of halogens is 1. The summed E-state index contributed by atoms with van der Waals surface area (Å²) in [6.45, 7) is 2.65. The molecule has 0 bridgehead atoms. The highest BCUT2D eigenvalue weighted by atomic mass is 19.1. The predicted octanol–water partition coefficient (Wildman–Crippen LogP) is 0.218. The SMILES string of the molecule is NC1CNCCC1C1CCCNC1F. The van der Waals surface area contributed by atoms with Gasteiger partial charge < -0.3 is 11.1 Å². The van der Waals surface area contributed by atoms with Crippen molar-refractivity contribution in [1.29, 1.82) is 0 Å². The maximum Gasteiger partial charge on any atom is 0.154 e. The van der Waals surface area contributed by atoms with Crippen molar-refractivity contribution in [3.63, 3.8) is 0 Å². The number of piperidine rings is 2. The highest BCUT2D eigenvalue weighted by Crippen LogP contribution is 2.30. The van der Waals surface area contributed by atoms with E-state index in [9.17, 15) is 4.39 Å². The van der Waals surface area contributed by atoms with E-state index >= 15 is 0 Å². The minimum absolute atomic E-state index is 0.131. The number of rotatable bonds is 1. The summed E-state index contributed by atoms with van der Waals surface area (Å²) in [7, 11) is 0. The molecule has 4 unspecified atom stereocenters. The fourth-order valence-electron chi connectivity index (χ4n) is 2.74. The summed E-state index contributed by atoms with van der Waals surface area (Å²) in [5.41, 5.74) is 6.02. The van der Waals surface area contributed by atoms with Gasteiger partial charge in [0, 0.05) is 18.5 Å². The molecule has 2 saturated heterocycles. The first kappa shape index (κ1) is 10.3. The van der Waals surface area contributed by atoms with Gasteiger partial charge in [-0.1, -0.05) is 0 Å². The lowest BCUT2D eigenvalue weighted by molar-refractivity contribution is 0.0702. The summed E-state index contributed by atoms with van der Waals surface area (Å²) in [6, 6.07) is 0.131. The van der Waals surface area contributed by atoms with Crippen LogP contribution in [0.25, 0.3) is 0 Å². The maximum absolute atomic E-state index is 13.6. The first-order chi connectivity index (χ1) is 6.79. The van der Waals surface area contributed by atoms with Crippen molar-refractivity contribution >= 4 is 0 Å². The summed E-state index contributed by atoms with van der Waals surface area (Å²) in [5, 5.41) is 6.16. The van der Waals surface area contributed by atoms with Gasteiger partial charge in [0.25, 0.3) is 0 Å². The third-order valence-electron chi connectivity index (χ3n) is 3.56. The molecule has 0 amide bonds. The lowest BCUT2D eigenvalue weighted by Gasteiger charge is -2.39. The van der Waals surface area contributed by atoms with E-state index in [1.165, 1.54) is 0 Å². The van der Waals surface area contributed by atoms with Gasteiger partial charge in [-0.15, -0.1) is 0 Å². The van der Waals surface area contributed by atoms with E-state index in [1.807, 2.05) is 0 Å². The molecule has 2 aliphatic heterocycles. The van der Waals surface area contributed by atoms with Crippen LogP contribution in [0.4, 0.5) is 4.39 Å². The van der Waals surface area contributed by atoms with Gasteiger partial charge >= 0.3 is 0 Å². The predicted molar refractivity (Wildman–Crippen MR) is 54.6 cm³/mol. The average Bonchev–Trinajstić information content (AvgIpc) is 2.20. The van der Waals surface area contributed by atoms with Crippen molar-refractivity contribution in [3.8, 4) is 0 Å². The van der Waals surface area contributed by atoms with E-state index in [0.29, 0.717) is 5.92 Å². The number of nitrogens with two attached hydrogens (primary N) is 1. The lowest BCUT2D eigenvalue weighted by atomic mass is 9.77. The zero-order valence-corrected chi connectivity index (χ0v) is 8.51. The van der Waals surface area contributed by atoms with Crippen LogP contribution < -0.4 is 16.4 Å². The number of nitrogens with one attached hydrogen (secondary N) is 2. The molecule has 4 N–H and O–H groups in total. The standard InChI is InChI=1S/C10H20FN3/c11-10-8(2-1-4-14-10)7-3-5-13-6-9(7)12/h7-10,13-14H,1-6,12H2. The van der Waals surface area contributed by atoms with E-state index in [2.05, 4.69) is 10.6 Å². The molecule has 0 aromatic heterocycles. The molecule has 4 atom stereocenters. The van der Waals surface area contributed by atoms with Crippen molar-refractivity contribution in [2.75, 3.05) is 19.6 Å². The van der Waals surface area contributed by atoms with Crippen LogP contribution >= 0.6 is 0 Å². The van der Waals surface area contributed by atoms with Crippen molar-refractivity contribution in [1.82, 2.24) is 10.6 Å². The Kier molecular flexibility index (Phi) is 3.36. The van der Waals surface area contributed by atoms with Gasteiger partial charge in [-0.2, -0.15) is 0 Å². The fourth-order valence-corrected chi connectivity index (χ4v) is 2.74. The van der Waals surface area contributed by atoms with Gasteiger partial charge in [-0.3, -0.25) is 5.32 Å². The topological polar surface area (TPSA) is 50.1 Å². The molecule has 0 aromatic rings.